The number of anilines is 2. The Bertz CT molecular complexity index is 1470. The van der Waals surface area contributed by atoms with Crippen LogP contribution in [0, 0.1) is 10.1 Å². The van der Waals surface area contributed by atoms with Gasteiger partial charge in [-0.1, -0.05) is 12.1 Å². The van der Waals surface area contributed by atoms with Crippen molar-refractivity contribution in [2.75, 3.05) is 5.32 Å². The molecular weight excluding hydrogens is 390 g/mol. The van der Waals surface area contributed by atoms with Crippen molar-refractivity contribution >= 4 is 28.1 Å². The van der Waals surface area contributed by atoms with E-state index in [4.69, 9.17) is 0 Å². The van der Waals surface area contributed by atoms with Gasteiger partial charge in [0, 0.05) is 29.3 Å². The largest absolute Gasteiger partial charge is 0.502 e. The summed E-state index contributed by atoms with van der Waals surface area (Å²) in [6.45, 7) is 0. The second-order valence-electron chi connectivity index (χ2n) is 6.86. The molecule has 4 aromatic rings. The molecule has 148 valence electrons. The summed E-state index contributed by atoms with van der Waals surface area (Å²) in [5.41, 5.74) is 0.849. The molecule has 5 rings (SSSR count). The molecule has 1 atom stereocenters. The fourth-order valence-electron chi connectivity index (χ4n) is 3.94. The molecule has 0 radical (unpaired) electrons. The van der Waals surface area contributed by atoms with Crippen LogP contribution in [0.3, 0.4) is 0 Å². The Hall–Kier alpha value is -4.47. The summed E-state index contributed by atoms with van der Waals surface area (Å²) in [5.74, 6) is -1.02. The van der Waals surface area contributed by atoms with E-state index in [0.29, 0.717) is 22.3 Å². The topological polar surface area (TPSA) is 154 Å². The molecule has 30 heavy (non-hydrogen) atoms. The Labute approximate surface area is 167 Å². The number of aromatic amines is 2. The standard InChI is InChI=1S/C20H13N5O5/c26-14-6-3-9(8-13(14)25(29)30)15-16-10-2-1-7-21-11(10)4-5-12(16)22-18-17(15)19(27)24-20(28)23-18/h1-8,15,26H,(H3,22,23,24,27,28). The number of hydrogen-bond donors (Lipinski definition) is 4. The molecule has 10 nitrogen and oxygen atoms in total. The van der Waals surface area contributed by atoms with Crippen molar-refractivity contribution in [2.24, 2.45) is 0 Å². The van der Waals surface area contributed by atoms with Gasteiger partial charge in [-0.15, -0.1) is 0 Å². The lowest BCUT2D eigenvalue weighted by atomic mass is 9.80. The normalized spacial score (nSPS) is 14.6. The summed E-state index contributed by atoms with van der Waals surface area (Å²) in [4.78, 5) is 44.5. The molecule has 1 aliphatic rings. The van der Waals surface area contributed by atoms with Crippen LogP contribution in [0.5, 0.6) is 5.75 Å². The number of fused-ring (bicyclic) bond motifs is 4. The summed E-state index contributed by atoms with van der Waals surface area (Å²) in [6.07, 6.45) is 1.64. The Morgan fingerprint density at radius 2 is 1.90 bits per heavy atom. The van der Waals surface area contributed by atoms with Gasteiger partial charge in [0.1, 0.15) is 5.82 Å². The van der Waals surface area contributed by atoms with E-state index in [1.54, 1.807) is 24.4 Å². The van der Waals surface area contributed by atoms with Crippen LogP contribution in [0.1, 0.15) is 22.6 Å². The molecule has 1 aliphatic heterocycles. The van der Waals surface area contributed by atoms with Crippen LogP contribution >= 0.6 is 0 Å². The van der Waals surface area contributed by atoms with E-state index in [2.05, 4.69) is 20.3 Å². The van der Waals surface area contributed by atoms with E-state index >= 15 is 0 Å². The van der Waals surface area contributed by atoms with Crippen molar-refractivity contribution in [1.82, 2.24) is 15.0 Å². The smallest absolute Gasteiger partial charge is 0.327 e. The van der Waals surface area contributed by atoms with Crippen LogP contribution in [-0.2, 0) is 0 Å². The Balaban J connectivity index is 1.90. The minimum absolute atomic E-state index is 0.207. The molecule has 0 aliphatic carbocycles. The first-order valence-corrected chi connectivity index (χ1v) is 8.92. The number of nitro benzene ring substituents is 1. The third kappa shape index (κ3) is 2.54. The molecule has 0 spiro atoms. The van der Waals surface area contributed by atoms with Gasteiger partial charge in [0.15, 0.2) is 5.75 Å². The second kappa shape index (κ2) is 6.27. The molecular formula is C20H13N5O5. The summed E-state index contributed by atoms with van der Waals surface area (Å²) >= 11 is 0. The van der Waals surface area contributed by atoms with Gasteiger partial charge in [0.2, 0.25) is 0 Å². The monoisotopic (exact) mass is 403 g/mol. The van der Waals surface area contributed by atoms with Gasteiger partial charge in [-0.2, -0.15) is 0 Å². The van der Waals surface area contributed by atoms with E-state index in [9.17, 15) is 24.8 Å². The van der Waals surface area contributed by atoms with Crippen molar-refractivity contribution in [3.63, 3.8) is 0 Å². The molecule has 4 N–H and O–H groups in total. The molecule has 0 saturated heterocycles. The van der Waals surface area contributed by atoms with Crippen LogP contribution in [0.25, 0.3) is 10.9 Å². The number of pyridine rings is 1. The van der Waals surface area contributed by atoms with E-state index in [0.717, 1.165) is 5.39 Å². The van der Waals surface area contributed by atoms with Crippen LogP contribution in [0.2, 0.25) is 0 Å². The minimum Gasteiger partial charge on any atom is -0.502 e. The molecule has 0 saturated carbocycles. The fraction of sp³-hybridized carbons (Fsp3) is 0.0500. The van der Waals surface area contributed by atoms with E-state index in [-0.39, 0.29) is 11.4 Å². The van der Waals surface area contributed by atoms with Crippen molar-refractivity contribution in [3.8, 4) is 5.75 Å². The first-order valence-electron chi connectivity index (χ1n) is 8.92. The van der Waals surface area contributed by atoms with Crippen LogP contribution in [-0.4, -0.2) is 25.0 Å². The van der Waals surface area contributed by atoms with E-state index < -0.39 is 33.5 Å². The first kappa shape index (κ1) is 17.6. The molecule has 3 heterocycles. The highest BCUT2D eigenvalue weighted by molar-refractivity contribution is 5.92. The van der Waals surface area contributed by atoms with Gasteiger partial charge in [-0.3, -0.25) is 29.9 Å². The number of H-pyrrole nitrogens is 2. The van der Waals surface area contributed by atoms with Crippen LogP contribution in [0.15, 0.2) is 58.3 Å². The van der Waals surface area contributed by atoms with Gasteiger partial charge in [0.25, 0.3) is 5.56 Å². The highest BCUT2D eigenvalue weighted by Crippen LogP contribution is 2.46. The first-order chi connectivity index (χ1) is 14.4. The van der Waals surface area contributed by atoms with Crippen molar-refractivity contribution < 1.29 is 10.0 Å². The van der Waals surface area contributed by atoms with Crippen molar-refractivity contribution in [1.29, 1.82) is 0 Å². The average Bonchev–Trinajstić information content (AvgIpc) is 2.72. The van der Waals surface area contributed by atoms with Crippen LogP contribution in [0.4, 0.5) is 17.2 Å². The second-order valence-corrected chi connectivity index (χ2v) is 6.86. The van der Waals surface area contributed by atoms with Crippen LogP contribution < -0.4 is 16.6 Å². The number of nitro groups is 1. The van der Waals surface area contributed by atoms with Gasteiger partial charge in [-0.05, 0) is 35.4 Å². The fourth-order valence-corrected chi connectivity index (χ4v) is 3.94. The number of benzene rings is 2. The number of nitrogens with zero attached hydrogens (tertiary/aromatic N) is 2. The quantitative estimate of drug-likeness (QED) is 0.261. The SMILES string of the molecule is O=c1[nH]c2c(c(=O)[nH]1)C(c1ccc(O)c([N+](=O)[O-])c1)c1c(ccc3ncccc13)N2. The number of phenols is 1. The molecule has 0 amide bonds. The molecule has 2 aromatic heterocycles. The highest BCUT2D eigenvalue weighted by atomic mass is 16.6. The zero-order chi connectivity index (χ0) is 21.0. The molecule has 0 fully saturated rings. The molecule has 0 bridgehead atoms. The third-order valence-corrected chi connectivity index (χ3v) is 5.17. The predicted molar refractivity (Wildman–Crippen MR) is 108 cm³/mol. The number of phenolic OH excluding ortho intramolecular Hbond substituents is 1. The maximum atomic E-state index is 12.8. The van der Waals surface area contributed by atoms with Crippen molar-refractivity contribution in [2.45, 2.75) is 5.92 Å². The lowest BCUT2D eigenvalue weighted by Gasteiger charge is -2.29. The number of nitrogens with one attached hydrogen (secondary N) is 3. The summed E-state index contributed by atoms with van der Waals surface area (Å²) in [6, 6.07) is 11.1. The lowest BCUT2D eigenvalue weighted by molar-refractivity contribution is -0.385. The zero-order valence-corrected chi connectivity index (χ0v) is 15.2. The van der Waals surface area contributed by atoms with Crippen molar-refractivity contribution in [3.05, 3.63) is 96.3 Å². The maximum absolute atomic E-state index is 12.8. The Morgan fingerprint density at radius 1 is 1.07 bits per heavy atom. The minimum atomic E-state index is -0.746. The summed E-state index contributed by atoms with van der Waals surface area (Å²) < 4.78 is 0. The Morgan fingerprint density at radius 3 is 2.70 bits per heavy atom. The van der Waals surface area contributed by atoms with Gasteiger partial charge in [-0.25, -0.2) is 4.79 Å². The molecule has 10 heteroatoms. The van der Waals surface area contributed by atoms with Gasteiger partial charge >= 0.3 is 11.4 Å². The van der Waals surface area contributed by atoms with E-state index in [1.165, 1.54) is 18.2 Å². The number of rotatable bonds is 2. The highest BCUT2D eigenvalue weighted by Gasteiger charge is 2.33. The zero-order valence-electron chi connectivity index (χ0n) is 15.2. The summed E-state index contributed by atoms with van der Waals surface area (Å²) in [5, 5.41) is 25.1. The third-order valence-electron chi connectivity index (χ3n) is 5.17. The summed E-state index contributed by atoms with van der Waals surface area (Å²) in [7, 11) is 0. The van der Waals surface area contributed by atoms with Gasteiger partial charge in [0.05, 0.1) is 16.0 Å². The predicted octanol–water partition coefficient (Wildman–Crippen LogP) is 2.46. The average molecular weight is 403 g/mol. The Kier molecular flexibility index (Phi) is 3.68. The van der Waals surface area contributed by atoms with E-state index in [1.807, 2.05) is 6.07 Å². The number of aromatic nitrogens is 3. The maximum Gasteiger partial charge on any atom is 0.327 e. The lowest BCUT2D eigenvalue weighted by Crippen LogP contribution is -2.32. The molecule has 1 unspecified atom stereocenters. The van der Waals surface area contributed by atoms with Gasteiger partial charge < -0.3 is 10.4 Å². The number of aromatic hydroxyl groups is 1. The molecule has 2 aromatic carbocycles. The number of hydrogen-bond acceptors (Lipinski definition) is 7.